The number of hydrogen-bond acceptors (Lipinski definition) is 6. The highest BCUT2D eigenvalue weighted by Crippen LogP contribution is 2.26. The van der Waals surface area contributed by atoms with Crippen molar-refractivity contribution in [2.75, 3.05) is 4.72 Å². The zero-order valence-electron chi connectivity index (χ0n) is 18.8. The first-order valence-electron chi connectivity index (χ1n) is 10.2. The molecule has 34 heavy (non-hydrogen) atoms. The van der Waals surface area contributed by atoms with Crippen LogP contribution >= 0.6 is 0 Å². The van der Waals surface area contributed by atoms with Gasteiger partial charge in [0.1, 0.15) is 23.2 Å². The fraction of sp³-hybridized carbons (Fsp3) is 0.174. The van der Waals surface area contributed by atoms with Crippen LogP contribution in [-0.2, 0) is 10.0 Å². The summed E-state index contributed by atoms with van der Waals surface area (Å²) in [7, 11) is -4.47. The van der Waals surface area contributed by atoms with E-state index in [-0.39, 0.29) is 11.6 Å². The van der Waals surface area contributed by atoms with Gasteiger partial charge < -0.3 is 4.74 Å². The lowest BCUT2D eigenvalue weighted by atomic mass is 10.2. The Kier molecular flexibility index (Phi) is 6.05. The number of benzene rings is 2. The van der Waals surface area contributed by atoms with E-state index in [2.05, 4.69) is 19.8 Å². The van der Waals surface area contributed by atoms with Crippen LogP contribution < -0.4 is 9.46 Å². The monoisotopic (exact) mass is 485 g/mol. The summed E-state index contributed by atoms with van der Waals surface area (Å²) in [5.74, 6) is -0.690. The lowest BCUT2D eigenvalue weighted by Gasteiger charge is -2.11. The molecule has 0 aliphatic carbocycles. The number of nitrogens with zero attached hydrogens (tertiary/aromatic N) is 4. The summed E-state index contributed by atoms with van der Waals surface area (Å²) in [5, 5.41) is 4.50. The lowest BCUT2D eigenvalue weighted by molar-refractivity contribution is 0.459. The topological polar surface area (TPSA) is 99.0 Å². The van der Waals surface area contributed by atoms with Crippen molar-refractivity contribution in [3.8, 4) is 17.4 Å². The molecular weight excluding hydrogens is 464 g/mol. The van der Waals surface area contributed by atoms with Gasteiger partial charge in [0, 0.05) is 17.4 Å². The molecule has 1 N–H and O–H groups in total. The van der Waals surface area contributed by atoms with Gasteiger partial charge in [-0.3, -0.25) is 4.72 Å². The predicted molar refractivity (Wildman–Crippen MR) is 122 cm³/mol. The number of ether oxygens (including phenoxy) is 1. The average Bonchev–Trinajstić information content (AvgIpc) is 3.01. The van der Waals surface area contributed by atoms with Gasteiger partial charge in [0.05, 0.1) is 5.69 Å². The van der Waals surface area contributed by atoms with Gasteiger partial charge in [0.15, 0.2) is 10.7 Å². The maximum absolute atomic E-state index is 13.9. The molecule has 0 bridgehead atoms. The van der Waals surface area contributed by atoms with E-state index in [1.807, 2.05) is 20.8 Å². The van der Waals surface area contributed by atoms with Crippen molar-refractivity contribution in [2.45, 2.75) is 32.6 Å². The van der Waals surface area contributed by atoms with Crippen LogP contribution in [-0.4, -0.2) is 28.2 Å². The van der Waals surface area contributed by atoms with Gasteiger partial charge >= 0.3 is 0 Å². The molecule has 11 heteroatoms. The van der Waals surface area contributed by atoms with Gasteiger partial charge in [-0.1, -0.05) is 6.07 Å². The van der Waals surface area contributed by atoms with Crippen molar-refractivity contribution in [3.05, 3.63) is 82.9 Å². The minimum Gasteiger partial charge on any atom is -0.439 e. The number of anilines is 1. The van der Waals surface area contributed by atoms with E-state index in [4.69, 9.17) is 4.74 Å². The third-order valence-electron chi connectivity index (χ3n) is 5.19. The molecule has 4 rings (SSSR count). The molecule has 0 saturated carbocycles. The summed E-state index contributed by atoms with van der Waals surface area (Å²) in [4.78, 5) is 7.67. The first kappa shape index (κ1) is 23.3. The molecule has 8 nitrogen and oxygen atoms in total. The molecule has 2 aromatic heterocycles. The van der Waals surface area contributed by atoms with Gasteiger partial charge in [0.25, 0.3) is 10.0 Å². The van der Waals surface area contributed by atoms with Crippen molar-refractivity contribution < 1.29 is 21.9 Å². The highest BCUT2D eigenvalue weighted by molar-refractivity contribution is 7.92. The number of halogens is 2. The number of aryl methyl sites for hydroxylation is 2. The number of rotatable bonds is 6. The number of sulfonamides is 1. The minimum atomic E-state index is -4.47. The largest absolute Gasteiger partial charge is 0.439 e. The molecule has 4 aromatic rings. The van der Waals surface area contributed by atoms with Crippen molar-refractivity contribution >= 4 is 15.7 Å². The Hall–Kier alpha value is -3.86. The first-order valence-corrected chi connectivity index (χ1v) is 11.7. The van der Waals surface area contributed by atoms with Crippen molar-refractivity contribution in [1.82, 2.24) is 19.7 Å². The van der Waals surface area contributed by atoms with E-state index < -0.39 is 26.6 Å². The summed E-state index contributed by atoms with van der Waals surface area (Å²) < 4.78 is 62.3. The maximum atomic E-state index is 13.9. The Balaban J connectivity index is 1.55. The van der Waals surface area contributed by atoms with Crippen molar-refractivity contribution in [2.24, 2.45) is 0 Å². The van der Waals surface area contributed by atoms with E-state index >= 15 is 0 Å². The molecule has 0 radical (unpaired) electrons. The second-order valence-electron chi connectivity index (χ2n) is 7.60. The molecule has 0 saturated heterocycles. The van der Waals surface area contributed by atoms with Crippen LogP contribution in [0.4, 0.5) is 14.5 Å². The van der Waals surface area contributed by atoms with Crippen LogP contribution in [0.5, 0.6) is 11.6 Å². The Morgan fingerprint density at radius 1 is 0.941 bits per heavy atom. The minimum absolute atomic E-state index is 0.104. The molecule has 0 atom stereocenters. The first-order chi connectivity index (χ1) is 16.0. The van der Waals surface area contributed by atoms with Gasteiger partial charge in [0.2, 0.25) is 5.88 Å². The third kappa shape index (κ3) is 4.60. The predicted octanol–water partition coefficient (Wildman–Crippen LogP) is 4.77. The van der Waals surface area contributed by atoms with E-state index in [1.165, 1.54) is 24.3 Å². The van der Waals surface area contributed by atoms with E-state index in [0.717, 1.165) is 35.2 Å². The molecule has 0 fully saturated rings. The smallest absolute Gasteiger partial charge is 0.267 e. The Morgan fingerprint density at radius 2 is 1.59 bits per heavy atom. The molecule has 2 heterocycles. The van der Waals surface area contributed by atoms with E-state index in [1.54, 1.807) is 17.7 Å². The number of nitrogens with one attached hydrogen (secondary N) is 1. The van der Waals surface area contributed by atoms with Crippen LogP contribution in [0.3, 0.4) is 0 Å². The fourth-order valence-electron chi connectivity index (χ4n) is 3.29. The fourth-order valence-corrected chi connectivity index (χ4v) is 4.48. The highest BCUT2D eigenvalue weighted by Gasteiger charge is 2.24. The maximum Gasteiger partial charge on any atom is 0.267 e. The van der Waals surface area contributed by atoms with E-state index in [0.29, 0.717) is 17.4 Å². The summed E-state index contributed by atoms with van der Waals surface area (Å²) >= 11 is 0. The molecule has 2 aromatic carbocycles. The van der Waals surface area contributed by atoms with Gasteiger partial charge in [-0.2, -0.15) is 10.1 Å². The Labute approximate surface area is 195 Å². The Bertz CT molecular complexity index is 1470. The van der Waals surface area contributed by atoms with Crippen LogP contribution in [0, 0.1) is 39.3 Å². The van der Waals surface area contributed by atoms with Crippen molar-refractivity contribution in [3.63, 3.8) is 0 Å². The second kappa shape index (κ2) is 8.82. The summed E-state index contributed by atoms with van der Waals surface area (Å²) in [5.41, 5.74) is 3.01. The Morgan fingerprint density at radius 3 is 2.18 bits per heavy atom. The molecule has 0 unspecified atom stereocenters. The van der Waals surface area contributed by atoms with Crippen LogP contribution in [0.15, 0.2) is 53.4 Å². The summed E-state index contributed by atoms with van der Waals surface area (Å²) in [6, 6.07) is 10.3. The van der Waals surface area contributed by atoms with Gasteiger partial charge in [-0.15, -0.1) is 0 Å². The molecule has 0 spiro atoms. The van der Waals surface area contributed by atoms with Crippen LogP contribution in [0.25, 0.3) is 5.82 Å². The number of aromatic nitrogens is 4. The average molecular weight is 486 g/mol. The molecule has 0 aliphatic rings. The third-order valence-corrected chi connectivity index (χ3v) is 6.62. The number of hydrogen-bond donors (Lipinski definition) is 1. The quantitative estimate of drug-likeness (QED) is 0.423. The standard InChI is InChI=1S/C23H21F2N5O3S/c1-13-14(2)28-30(15(13)3)21-12-22(27-16(4)26-21)33-18-10-8-17(9-11-18)29-34(31,32)23-19(24)6-5-7-20(23)25/h5-12,29H,1-4H3. The molecule has 176 valence electrons. The normalized spacial score (nSPS) is 11.5. The highest BCUT2D eigenvalue weighted by atomic mass is 32.2. The summed E-state index contributed by atoms with van der Waals surface area (Å²) in [6.45, 7) is 7.57. The van der Waals surface area contributed by atoms with Gasteiger partial charge in [-0.05, 0) is 69.7 Å². The molecule has 0 aliphatic heterocycles. The zero-order chi connectivity index (χ0) is 24.6. The van der Waals surface area contributed by atoms with Crippen molar-refractivity contribution in [1.29, 1.82) is 0 Å². The summed E-state index contributed by atoms with van der Waals surface area (Å²) in [6.07, 6.45) is 0. The second-order valence-corrected chi connectivity index (χ2v) is 9.22. The van der Waals surface area contributed by atoms with Gasteiger partial charge in [-0.25, -0.2) is 26.9 Å². The lowest BCUT2D eigenvalue weighted by Crippen LogP contribution is -2.16. The molecule has 0 amide bonds. The van der Waals surface area contributed by atoms with Crippen LogP contribution in [0.1, 0.15) is 22.8 Å². The van der Waals surface area contributed by atoms with Crippen LogP contribution in [0.2, 0.25) is 0 Å². The van der Waals surface area contributed by atoms with E-state index in [9.17, 15) is 17.2 Å². The zero-order valence-corrected chi connectivity index (χ0v) is 19.6. The SMILES string of the molecule is Cc1nc(Oc2ccc(NS(=O)(=O)c3c(F)cccc3F)cc2)cc(-n2nc(C)c(C)c2C)n1. The molecular formula is C23H21F2N5O3S.